The average Bonchev–Trinajstić information content (AvgIpc) is 2.90. The van der Waals surface area contributed by atoms with E-state index in [1.807, 2.05) is 30.3 Å². The van der Waals surface area contributed by atoms with E-state index in [0.717, 1.165) is 0 Å². The zero-order valence-electron chi connectivity index (χ0n) is 19.5. The molecule has 0 fully saturated rings. The van der Waals surface area contributed by atoms with Crippen molar-refractivity contribution in [3.05, 3.63) is 77.9 Å². The Hall–Kier alpha value is -4.53. The summed E-state index contributed by atoms with van der Waals surface area (Å²) in [6.07, 6.45) is 0. The Morgan fingerprint density at radius 3 is 1.91 bits per heavy atom. The highest BCUT2D eigenvalue weighted by Gasteiger charge is 2.18. The van der Waals surface area contributed by atoms with E-state index in [0.29, 0.717) is 34.3 Å². The van der Waals surface area contributed by atoms with Gasteiger partial charge in [0.1, 0.15) is 18.0 Å². The molecule has 3 aromatic carbocycles. The van der Waals surface area contributed by atoms with Gasteiger partial charge >= 0.3 is 5.97 Å². The van der Waals surface area contributed by atoms with Crippen molar-refractivity contribution in [1.29, 1.82) is 0 Å². The van der Waals surface area contributed by atoms with Crippen molar-refractivity contribution in [1.82, 2.24) is 5.32 Å². The Morgan fingerprint density at radius 2 is 1.34 bits per heavy atom. The number of methoxy groups -OCH3 is 3. The number of benzene rings is 3. The normalized spacial score (nSPS) is 10.1. The lowest BCUT2D eigenvalue weighted by Gasteiger charge is -2.13. The number of esters is 1. The van der Waals surface area contributed by atoms with E-state index in [2.05, 4.69) is 5.32 Å². The number of rotatable bonds is 11. The first-order chi connectivity index (χ1) is 16.9. The van der Waals surface area contributed by atoms with Crippen LogP contribution in [0.1, 0.15) is 20.7 Å². The molecule has 0 aliphatic heterocycles. The molecule has 0 spiro atoms. The van der Waals surface area contributed by atoms with Gasteiger partial charge in [-0.05, 0) is 48.5 Å². The largest absolute Gasteiger partial charge is 0.493 e. The smallest absolute Gasteiger partial charge is 0.325 e. The fourth-order valence-corrected chi connectivity index (χ4v) is 3.08. The Morgan fingerprint density at radius 1 is 0.743 bits per heavy atom. The molecule has 0 bridgehead atoms. The van der Waals surface area contributed by atoms with Crippen molar-refractivity contribution in [2.45, 2.75) is 0 Å². The van der Waals surface area contributed by atoms with Gasteiger partial charge in [-0.2, -0.15) is 0 Å². The highest BCUT2D eigenvalue weighted by atomic mass is 16.5. The number of Topliss-reactive ketones (excluding diaryl/α,β-unsaturated/α-hetero) is 1. The first-order valence-electron chi connectivity index (χ1n) is 10.5. The molecule has 9 nitrogen and oxygen atoms in total. The van der Waals surface area contributed by atoms with E-state index in [1.54, 1.807) is 24.3 Å². The fourth-order valence-electron chi connectivity index (χ4n) is 3.08. The van der Waals surface area contributed by atoms with Gasteiger partial charge in [0.25, 0.3) is 5.91 Å². The molecule has 0 unspecified atom stereocenters. The first-order valence-corrected chi connectivity index (χ1v) is 10.5. The van der Waals surface area contributed by atoms with Crippen molar-refractivity contribution in [2.24, 2.45) is 0 Å². The molecular formula is C26H25NO8. The molecule has 3 rings (SSSR count). The molecule has 9 heteroatoms. The van der Waals surface area contributed by atoms with Crippen molar-refractivity contribution < 1.29 is 38.1 Å². The predicted octanol–water partition coefficient (Wildman–Crippen LogP) is 3.66. The van der Waals surface area contributed by atoms with E-state index in [-0.39, 0.29) is 5.56 Å². The molecule has 0 atom stereocenters. The van der Waals surface area contributed by atoms with Crippen LogP contribution in [0.3, 0.4) is 0 Å². The number of hydrogen-bond donors (Lipinski definition) is 1. The number of carbonyl (C=O) groups excluding carboxylic acids is 3. The molecule has 1 N–H and O–H groups in total. The van der Waals surface area contributed by atoms with E-state index in [4.69, 9.17) is 23.7 Å². The lowest BCUT2D eigenvalue weighted by atomic mass is 10.1. The predicted molar refractivity (Wildman–Crippen MR) is 127 cm³/mol. The van der Waals surface area contributed by atoms with Gasteiger partial charge in [0.05, 0.1) is 21.3 Å². The minimum Gasteiger partial charge on any atom is -0.493 e. The zero-order chi connectivity index (χ0) is 25.2. The molecule has 0 aliphatic rings. The van der Waals surface area contributed by atoms with E-state index < -0.39 is 30.8 Å². The fraction of sp³-hybridized carbons (Fsp3) is 0.192. The lowest BCUT2D eigenvalue weighted by molar-refractivity contribution is -0.141. The van der Waals surface area contributed by atoms with Crippen LogP contribution in [0, 0.1) is 0 Å². The van der Waals surface area contributed by atoms with E-state index in [1.165, 1.54) is 33.5 Å². The van der Waals surface area contributed by atoms with E-state index >= 15 is 0 Å². The van der Waals surface area contributed by atoms with E-state index in [9.17, 15) is 14.4 Å². The van der Waals surface area contributed by atoms with Crippen molar-refractivity contribution >= 4 is 17.7 Å². The highest BCUT2D eigenvalue weighted by Crippen LogP contribution is 2.38. The molecule has 0 heterocycles. The van der Waals surface area contributed by atoms with Crippen LogP contribution in [0.4, 0.5) is 0 Å². The van der Waals surface area contributed by atoms with Gasteiger partial charge in [-0.25, -0.2) is 0 Å². The summed E-state index contributed by atoms with van der Waals surface area (Å²) in [4.78, 5) is 36.8. The third-order valence-electron chi connectivity index (χ3n) is 4.84. The second kappa shape index (κ2) is 12.1. The number of nitrogens with one attached hydrogen (secondary N) is 1. The number of ketones is 1. The SMILES string of the molecule is COc1cc(C(=O)COC(=O)CNC(=O)c2ccc(Oc3ccccc3)cc2)cc(OC)c1OC. The number of amides is 1. The summed E-state index contributed by atoms with van der Waals surface area (Å²) >= 11 is 0. The van der Waals surface area contributed by atoms with Gasteiger partial charge in [-0.15, -0.1) is 0 Å². The standard InChI is InChI=1S/C26H25NO8/c1-31-22-13-18(14-23(32-2)25(22)33-3)21(28)16-34-24(29)15-27-26(30)17-9-11-20(12-10-17)35-19-7-5-4-6-8-19/h4-14H,15-16H2,1-3H3,(H,27,30). The summed E-state index contributed by atoms with van der Waals surface area (Å²) in [5.41, 5.74) is 0.556. The van der Waals surface area contributed by atoms with Crippen molar-refractivity contribution in [2.75, 3.05) is 34.5 Å². The minimum absolute atomic E-state index is 0.217. The summed E-state index contributed by atoms with van der Waals surface area (Å²) in [5, 5.41) is 2.46. The molecule has 35 heavy (non-hydrogen) atoms. The molecule has 3 aromatic rings. The molecule has 0 aromatic heterocycles. The van der Waals surface area contributed by atoms with Gasteiger partial charge in [-0.3, -0.25) is 14.4 Å². The first kappa shape index (κ1) is 25.1. The van der Waals surface area contributed by atoms with Crippen LogP contribution in [-0.2, 0) is 9.53 Å². The molecule has 0 saturated heterocycles. The molecule has 1 amide bonds. The Bertz CT molecular complexity index is 1150. The number of ether oxygens (including phenoxy) is 5. The summed E-state index contributed by atoms with van der Waals surface area (Å²) < 4.78 is 26.3. The van der Waals surface area contributed by atoms with Crippen LogP contribution in [0.2, 0.25) is 0 Å². The van der Waals surface area contributed by atoms with Crippen LogP contribution >= 0.6 is 0 Å². The Kier molecular flexibility index (Phi) is 8.66. The van der Waals surface area contributed by atoms with Gasteiger partial charge in [0, 0.05) is 11.1 Å². The maximum atomic E-state index is 12.5. The maximum absolute atomic E-state index is 12.5. The Balaban J connectivity index is 1.49. The molecule has 182 valence electrons. The average molecular weight is 479 g/mol. The topological polar surface area (TPSA) is 109 Å². The quantitative estimate of drug-likeness (QED) is 0.328. The van der Waals surface area contributed by atoms with Gasteiger partial charge in [-0.1, -0.05) is 18.2 Å². The monoisotopic (exact) mass is 479 g/mol. The van der Waals surface area contributed by atoms with Gasteiger partial charge in [0.2, 0.25) is 11.5 Å². The lowest BCUT2D eigenvalue weighted by Crippen LogP contribution is -2.31. The van der Waals surface area contributed by atoms with Crippen LogP contribution in [0.5, 0.6) is 28.7 Å². The molecular weight excluding hydrogens is 454 g/mol. The van der Waals surface area contributed by atoms with Crippen LogP contribution in [0.25, 0.3) is 0 Å². The highest BCUT2D eigenvalue weighted by molar-refractivity contribution is 5.99. The third kappa shape index (κ3) is 6.73. The summed E-state index contributed by atoms with van der Waals surface area (Å²) in [6, 6.07) is 18.6. The van der Waals surface area contributed by atoms with Crippen LogP contribution in [-0.4, -0.2) is 52.1 Å². The second-order valence-corrected chi connectivity index (χ2v) is 7.12. The summed E-state index contributed by atoms with van der Waals surface area (Å²) in [7, 11) is 4.31. The van der Waals surface area contributed by atoms with Crippen molar-refractivity contribution in [3.8, 4) is 28.7 Å². The van der Waals surface area contributed by atoms with Gasteiger partial charge in [0.15, 0.2) is 18.1 Å². The molecule has 0 radical (unpaired) electrons. The minimum atomic E-state index is -0.761. The third-order valence-corrected chi connectivity index (χ3v) is 4.84. The van der Waals surface area contributed by atoms with Crippen molar-refractivity contribution in [3.63, 3.8) is 0 Å². The summed E-state index contributed by atoms with van der Waals surface area (Å²) in [5.74, 6) is 0.477. The number of hydrogen-bond acceptors (Lipinski definition) is 8. The van der Waals surface area contributed by atoms with Crippen LogP contribution < -0.4 is 24.3 Å². The number of para-hydroxylation sites is 1. The van der Waals surface area contributed by atoms with Crippen LogP contribution in [0.15, 0.2) is 66.7 Å². The Labute approximate surface area is 202 Å². The zero-order valence-corrected chi connectivity index (χ0v) is 19.5. The number of carbonyl (C=O) groups is 3. The molecule has 0 aliphatic carbocycles. The van der Waals surface area contributed by atoms with Gasteiger partial charge < -0.3 is 29.0 Å². The molecule has 0 saturated carbocycles. The summed E-state index contributed by atoms with van der Waals surface area (Å²) in [6.45, 7) is -0.914. The maximum Gasteiger partial charge on any atom is 0.325 e. The second-order valence-electron chi connectivity index (χ2n) is 7.12.